The van der Waals surface area contributed by atoms with Crippen LogP contribution in [0, 0.1) is 0 Å². The van der Waals surface area contributed by atoms with Crippen molar-refractivity contribution < 1.29 is 23.9 Å². The largest absolute Gasteiger partial charge is 0.482 e. The number of Topliss-reactive ketones (excluding diaryl/α,β-unsaturated/α-hetero) is 2. The lowest BCUT2D eigenvalue weighted by Gasteiger charge is -2.14. The smallest absolute Gasteiger partial charge is 0.344 e. The Bertz CT molecular complexity index is 1100. The van der Waals surface area contributed by atoms with Crippen LogP contribution >= 0.6 is 0 Å². The van der Waals surface area contributed by atoms with Gasteiger partial charge in [0, 0.05) is 19.2 Å². The molecule has 1 aromatic carbocycles. The molecule has 0 radical (unpaired) electrons. The van der Waals surface area contributed by atoms with Gasteiger partial charge < -0.3 is 15.2 Å². The zero-order valence-electron chi connectivity index (χ0n) is 17.0. The first kappa shape index (κ1) is 22.6. The van der Waals surface area contributed by atoms with Gasteiger partial charge in [-0.05, 0) is 25.5 Å². The SMILES string of the molecule is CCCn1c(N)c(C(=O)COC(=O)COc2cccc(C(C)=O)c2)c(=O)n(C)c1=O. The zero-order valence-corrected chi connectivity index (χ0v) is 17.0. The second-order valence-corrected chi connectivity index (χ2v) is 6.52. The second-order valence-electron chi connectivity index (χ2n) is 6.52. The first-order valence-corrected chi connectivity index (χ1v) is 9.19. The van der Waals surface area contributed by atoms with E-state index in [1.165, 1.54) is 20.0 Å². The molecule has 0 aliphatic rings. The molecule has 0 amide bonds. The molecule has 0 unspecified atom stereocenters. The minimum Gasteiger partial charge on any atom is -0.482 e. The number of nitrogen functional groups attached to an aromatic ring is 1. The normalized spacial score (nSPS) is 10.5. The molecule has 2 aromatic rings. The van der Waals surface area contributed by atoms with E-state index in [-0.39, 0.29) is 23.9 Å². The van der Waals surface area contributed by atoms with Crippen molar-refractivity contribution in [1.29, 1.82) is 0 Å². The number of ketones is 2. The first-order valence-electron chi connectivity index (χ1n) is 9.19. The van der Waals surface area contributed by atoms with Crippen LogP contribution < -0.4 is 21.7 Å². The van der Waals surface area contributed by atoms with Crippen LogP contribution in [0.2, 0.25) is 0 Å². The fraction of sp³-hybridized carbons (Fsp3) is 0.350. The number of hydrogen-bond acceptors (Lipinski definition) is 8. The Kier molecular flexibility index (Phi) is 7.29. The summed E-state index contributed by atoms with van der Waals surface area (Å²) in [7, 11) is 1.24. The highest BCUT2D eigenvalue weighted by atomic mass is 16.6. The monoisotopic (exact) mass is 417 g/mol. The lowest BCUT2D eigenvalue weighted by Crippen LogP contribution is -2.43. The Balaban J connectivity index is 2.06. The number of hydrogen-bond donors (Lipinski definition) is 1. The third-order valence-electron chi connectivity index (χ3n) is 4.27. The molecule has 0 bridgehead atoms. The van der Waals surface area contributed by atoms with Crippen molar-refractivity contribution in [1.82, 2.24) is 9.13 Å². The summed E-state index contributed by atoms with van der Waals surface area (Å²) in [6.07, 6.45) is 0.563. The van der Waals surface area contributed by atoms with Crippen molar-refractivity contribution in [3.8, 4) is 5.75 Å². The predicted molar refractivity (Wildman–Crippen MR) is 108 cm³/mol. The van der Waals surface area contributed by atoms with Crippen molar-refractivity contribution in [2.75, 3.05) is 18.9 Å². The lowest BCUT2D eigenvalue weighted by atomic mass is 10.1. The van der Waals surface area contributed by atoms with E-state index in [0.29, 0.717) is 12.0 Å². The summed E-state index contributed by atoms with van der Waals surface area (Å²) in [5.41, 5.74) is 4.38. The van der Waals surface area contributed by atoms with Gasteiger partial charge in [-0.25, -0.2) is 9.59 Å². The Morgan fingerprint density at radius 3 is 2.47 bits per heavy atom. The van der Waals surface area contributed by atoms with Crippen molar-refractivity contribution in [3.05, 3.63) is 56.2 Å². The van der Waals surface area contributed by atoms with Crippen molar-refractivity contribution in [2.24, 2.45) is 7.05 Å². The van der Waals surface area contributed by atoms with Gasteiger partial charge in [-0.1, -0.05) is 19.1 Å². The Hall–Kier alpha value is -3.69. The van der Waals surface area contributed by atoms with E-state index in [4.69, 9.17) is 15.2 Å². The summed E-state index contributed by atoms with van der Waals surface area (Å²) in [4.78, 5) is 60.2. The highest BCUT2D eigenvalue weighted by Crippen LogP contribution is 2.14. The van der Waals surface area contributed by atoms with Crippen LogP contribution in [-0.4, -0.2) is 39.9 Å². The highest BCUT2D eigenvalue weighted by molar-refractivity contribution is 6.01. The van der Waals surface area contributed by atoms with Gasteiger partial charge in [0.05, 0.1) is 0 Å². The number of nitrogens with two attached hydrogens (primary N) is 1. The minimum absolute atomic E-state index is 0.155. The Morgan fingerprint density at radius 2 is 1.83 bits per heavy atom. The molecule has 0 spiro atoms. The van der Waals surface area contributed by atoms with Gasteiger partial charge in [0.1, 0.15) is 17.1 Å². The number of aromatic nitrogens is 2. The summed E-state index contributed by atoms with van der Waals surface area (Å²) < 4.78 is 12.0. The van der Waals surface area contributed by atoms with Crippen LogP contribution in [0.5, 0.6) is 5.75 Å². The van der Waals surface area contributed by atoms with Gasteiger partial charge in [0.2, 0.25) is 5.78 Å². The summed E-state index contributed by atoms with van der Waals surface area (Å²) >= 11 is 0. The van der Waals surface area contributed by atoms with Crippen LogP contribution in [0.25, 0.3) is 0 Å². The number of ether oxygens (including phenoxy) is 2. The molecule has 0 aliphatic carbocycles. The maximum atomic E-state index is 12.4. The quantitative estimate of drug-likeness (QED) is 0.461. The molecule has 1 heterocycles. The average molecular weight is 417 g/mol. The van der Waals surface area contributed by atoms with Gasteiger partial charge in [0.15, 0.2) is 19.0 Å². The maximum absolute atomic E-state index is 12.4. The number of rotatable bonds is 9. The molecule has 30 heavy (non-hydrogen) atoms. The minimum atomic E-state index is -0.858. The molecular weight excluding hydrogens is 394 g/mol. The first-order chi connectivity index (χ1) is 14.2. The number of esters is 1. The van der Waals surface area contributed by atoms with Crippen LogP contribution in [0.1, 0.15) is 41.0 Å². The summed E-state index contributed by atoms with van der Waals surface area (Å²) in [5, 5.41) is 0. The molecule has 160 valence electrons. The Morgan fingerprint density at radius 1 is 1.13 bits per heavy atom. The standard InChI is InChI=1S/C20H23N3O7/c1-4-8-23-18(21)17(19(27)22(3)20(23)28)15(25)10-30-16(26)11-29-14-7-5-6-13(9-14)12(2)24/h5-7,9H,4,8,10-11,21H2,1-3H3. The predicted octanol–water partition coefficient (Wildman–Crippen LogP) is 0.547. The van der Waals surface area contributed by atoms with Crippen molar-refractivity contribution in [3.63, 3.8) is 0 Å². The number of benzene rings is 1. The average Bonchev–Trinajstić information content (AvgIpc) is 2.72. The number of carbonyl (C=O) groups excluding carboxylic acids is 3. The molecule has 0 atom stereocenters. The van der Waals surface area contributed by atoms with Gasteiger partial charge in [-0.3, -0.25) is 23.5 Å². The molecule has 1 aromatic heterocycles. The Labute approximate surface area is 171 Å². The van der Waals surface area contributed by atoms with Crippen molar-refractivity contribution in [2.45, 2.75) is 26.8 Å². The topological polar surface area (TPSA) is 140 Å². The third-order valence-corrected chi connectivity index (χ3v) is 4.27. The van der Waals surface area contributed by atoms with E-state index in [2.05, 4.69) is 0 Å². The molecule has 0 saturated carbocycles. The van der Waals surface area contributed by atoms with Crippen LogP contribution in [-0.2, 0) is 23.1 Å². The fourth-order valence-corrected chi connectivity index (χ4v) is 2.69. The number of nitrogens with zero attached hydrogens (tertiary/aromatic N) is 2. The molecular formula is C20H23N3O7. The molecule has 0 fully saturated rings. The number of anilines is 1. The molecule has 2 N–H and O–H groups in total. The van der Waals surface area contributed by atoms with E-state index in [1.54, 1.807) is 18.2 Å². The highest BCUT2D eigenvalue weighted by Gasteiger charge is 2.22. The van der Waals surface area contributed by atoms with Gasteiger partial charge in [0.25, 0.3) is 5.56 Å². The molecule has 10 heteroatoms. The van der Waals surface area contributed by atoms with E-state index < -0.39 is 41.8 Å². The summed E-state index contributed by atoms with van der Waals surface area (Å²) in [6, 6.07) is 6.24. The van der Waals surface area contributed by atoms with Gasteiger partial charge in [-0.15, -0.1) is 0 Å². The lowest BCUT2D eigenvalue weighted by molar-refractivity contribution is -0.144. The van der Waals surface area contributed by atoms with E-state index in [0.717, 1.165) is 9.13 Å². The van der Waals surface area contributed by atoms with E-state index in [1.807, 2.05) is 6.92 Å². The van der Waals surface area contributed by atoms with Gasteiger partial charge in [-0.2, -0.15) is 0 Å². The maximum Gasteiger partial charge on any atom is 0.344 e. The second kappa shape index (κ2) is 9.68. The van der Waals surface area contributed by atoms with Crippen LogP contribution in [0.3, 0.4) is 0 Å². The molecule has 10 nitrogen and oxygen atoms in total. The fourth-order valence-electron chi connectivity index (χ4n) is 2.69. The van der Waals surface area contributed by atoms with E-state index >= 15 is 0 Å². The molecule has 2 rings (SSSR count). The van der Waals surface area contributed by atoms with Gasteiger partial charge >= 0.3 is 11.7 Å². The van der Waals surface area contributed by atoms with Crippen LogP contribution in [0.15, 0.2) is 33.9 Å². The van der Waals surface area contributed by atoms with Crippen LogP contribution in [0.4, 0.5) is 5.82 Å². The molecule has 0 saturated heterocycles. The summed E-state index contributed by atoms with van der Waals surface area (Å²) in [5.74, 6) is -1.81. The number of carbonyl (C=O) groups is 3. The van der Waals surface area contributed by atoms with E-state index in [9.17, 15) is 24.0 Å². The van der Waals surface area contributed by atoms with Crippen molar-refractivity contribution >= 4 is 23.4 Å². The summed E-state index contributed by atoms with van der Waals surface area (Å²) in [6.45, 7) is 2.20. The zero-order chi connectivity index (χ0) is 22.4. The third kappa shape index (κ3) is 5.02. The molecule has 0 aliphatic heterocycles.